The molecular formula is C8H15NO. The monoisotopic (exact) mass is 141 g/mol. The zero-order chi connectivity index (χ0) is 7.82. The Balaban J connectivity index is 2.86. The van der Waals surface area contributed by atoms with E-state index >= 15 is 0 Å². The summed E-state index contributed by atoms with van der Waals surface area (Å²) in [6, 6.07) is 0. The number of hydrogen-bond donors (Lipinski definition) is 2. The normalized spacial score (nSPS) is 12.5. The lowest BCUT2D eigenvalue weighted by molar-refractivity contribution is 0.191. The average molecular weight is 141 g/mol. The Kier molecular flexibility index (Phi) is 6.25. The van der Waals surface area contributed by atoms with Crippen LogP contribution in [0.1, 0.15) is 19.8 Å². The van der Waals surface area contributed by atoms with Crippen LogP contribution < -0.4 is 5.32 Å². The van der Waals surface area contributed by atoms with Crippen molar-refractivity contribution in [1.82, 2.24) is 5.32 Å². The first-order chi connectivity index (χ1) is 4.77. The van der Waals surface area contributed by atoms with Crippen molar-refractivity contribution in [3.05, 3.63) is 0 Å². The van der Waals surface area contributed by atoms with Crippen molar-refractivity contribution in [3.8, 4) is 12.3 Å². The smallest absolute Gasteiger partial charge is 0.0636 e. The number of terminal acetylenes is 1. The third-order valence-electron chi connectivity index (χ3n) is 1.11. The highest BCUT2D eigenvalue weighted by molar-refractivity contribution is 4.83. The second-order valence-corrected chi connectivity index (χ2v) is 2.36. The summed E-state index contributed by atoms with van der Waals surface area (Å²) in [5.41, 5.74) is 0. The van der Waals surface area contributed by atoms with E-state index in [0.29, 0.717) is 6.54 Å². The highest BCUT2D eigenvalue weighted by Crippen LogP contribution is 1.83. The van der Waals surface area contributed by atoms with E-state index in [1.165, 1.54) is 0 Å². The van der Waals surface area contributed by atoms with E-state index in [0.717, 1.165) is 19.4 Å². The number of unbranched alkanes of at least 4 members (excludes halogenated alkanes) is 1. The number of aliphatic hydroxyl groups is 1. The van der Waals surface area contributed by atoms with Gasteiger partial charge >= 0.3 is 0 Å². The molecule has 0 amide bonds. The standard InChI is InChI=1S/C8H15NO/c1-3-4-5-6-9-7-8(2)10/h1,8-10H,4-7H2,2H3/t8-/m0/s1. The quantitative estimate of drug-likeness (QED) is 0.428. The maximum atomic E-state index is 8.81. The van der Waals surface area contributed by atoms with Crippen LogP contribution in [0.25, 0.3) is 0 Å². The number of hydrogen-bond acceptors (Lipinski definition) is 2. The van der Waals surface area contributed by atoms with Gasteiger partial charge in [0.05, 0.1) is 6.10 Å². The van der Waals surface area contributed by atoms with Gasteiger partial charge in [-0.15, -0.1) is 12.3 Å². The van der Waals surface area contributed by atoms with Crippen LogP contribution in [0.4, 0.5) is 0 Å². The second kappa shape index (κ2) is 6.60. The van der Waals surface area contributed by atoms with Gasteiger partial charge in [0.25, 0.3) is 0 Å². The Labute approximate surface area is 62.6 Å². The van der Waals surface area contributed by atoms with Gasteiger partial charge in [-0.2, -0.15) is 0 Å². The van der Waals surface area contributed by atoms with Crippen LogP contribution in [0.15, 0.2) is 0 Å². The minimum Gasteiger partial charge on any atom is -0.392 e. The molecule has 0 aliphatic carbocycles. The van der Waals surface area contributed by atoms with E-state index < -0.39 is 0 Å². The highest BCUT2D eigenvalue weighted by atomic mass is 16.3. The van der Waals surface area contributed by atoms with Gasteiger partial charge in [-0.05, 0) is 19.9 Å². The predicted molar refractivity (Wildman–Crippen MR) is 42.6 cm³/mol. The molecule has 0 aromatic heterocycles. The van der Waals surface area contributed by atoms with Gasteiger partial charge in [0, 0.05) is 13.0 Å². The summed E-state index contributed by atoms with van der Waals surface area (Å²) in [6.07, 6.45) is 6.59. The van der Waals surface area contributed by atoms with Crippen LogP contribution in [0.3, 0.4) is 0 Å². The fourth-order valence-electron chi connectivity index (χ4n) is 0.626. The minimum absolute atomic E-state index is 0.258. The molecule has 2 nitrogen and oxygen atoms in total. The molecule has 0 spiro atoms. The van der Waals surface area contributed by atoms with Gasteiger partial charge < -0.3 is 10.4 Å². The largest absolute Gasteiger partial charge is 0.392 e. The van der Waals surface area contributed by atoms with Gasteiger partial charge in [0.2, 0.25) is 0 Å². The summed E-state index contributed by atoms with van der Waals surface area (Å²) in [6.45, 7) is 3.31. The maximum Gasteiger partial charge on any atom is 0.0636 e. The Morgan fingerprint density at radius 2 is 2.40 bits per heavy atom. The van der Waals surface area contributed by atoms with Crippen LogP contribution in [0, 0.1) is 12.3 Å². The maximum absolute atomic E-state index is 8.81. The molecule has 0 unspecified atom stereocenters. The molecule has 0 aromatic carbocycles. The third kappa shape index (κ3) is 7.48. The predicted octanol–water partition coefficient (Wildman–Crippen LogP) is 0.370. The van der Waals surface area contributed by atoms with Crippen LogP contribution in [-0.4, -0.2) is 24.3 Å². The number of rotatable bonds is 5. The number of nitrogens with one attached hydrogen (secondary N) is 1. The van der Waals surface area contributed by atoms with Gasteiger partial charge in [0.15, 0.2) is 0 Å². The van der Waals surface area contributed by atoms with Crippen molar-refractivity contribution in [3.63, 3.8) is 0 Å². The summed E-state index contributed by atoms with van der Waals surface area (Å²) in [5, 5.41) is 11.9. The van der Waals surface area contributed by atoms with Crippen molar-refractivity contribution in [2.45, 2.75) is 25.9 Å². The van der Waals surface area contributed by atoms with E-state index in [1.807, 2.05) is 0 Å². The first-order valence-corrected chi connectivity index (χ1v) is 3.59. The molecule has 2 heteroatoms. The van der Waals surface area contributed by atoms with Crippen molar-refractivity contribution < 1.29 is 5.11 Å². The van der Waals surface area contributed by atoms with E-state index in [-0.39, 0.29) is 6.10 Å². The SMILES string of the molecule is C#CCCCNC[C@H](C)O. The lowest BCUT2D eigenvalue weighted by Gasteiger charge is -2.04. The molecule has 0 fully saturated rings. The molecule has 2 N–H and O–H groups in total. The molecule has 0 aromatic rings. The molecular weight excluding hydrogens is 126 g/mol. The topological polar surface area (TPSA) is 32.3 Å². The second-order valence-electron chi connectivity index (χ2n) is 2.36. The Bertz CT molecular complexity index is 104. The van der Waals surface area contributed by atoms with Crippen molar-refractivity contribution in [2.75, 3.05) is 13.1 Å². The molecule has 0 saturated carbocycles. The Morgan fingerprint density at radius 1 is 1.70 bits per heavy atom. The number of aliphatic hydroxyl groups excluding tert-OH is 1. The minimum atomic E-state index is -0.258. The lowest BCUT2D eigenvalue weighted by atomic mass is 10.3. The third-order valence-corrected chi connectivity index (χ3v) is 1.11. The van der Waals surface area contributed by atoms with Gasteiger partial charge in [0.1, 0.15) is 0 Å². The molecule has 0 aliphatic rings. The average Bonchev–Trinajstić information content (AvgIpc) is 1.87. The van der Waals surface area contributed by atoms with Crippen LogP contribution in [-0.2, 0) is 0 Å². The van der Waals surface area contributed by atoms with Gasteiger partial charge in [-0.25, -0.2) is 0 Å². The van der Waals surface area contributed by atoms with Crippen molar-refractivity contribution in [1.29, 1.82) is 0 Å². The fourth-order valence-corrected chi connectivity index (χ4v) is 0.626. The summed E-state index contributed by atoms with van der Waals surface area (Å²) < 4.78 is 0. The summed E-state index contributed by atoms with van der Waals surface area (Å²) in [4.78, 5) is 0. The van der Waals surface area contributed by atoms with Crippen molar-refractivity contribution >= 4 is 0 Å². The molecule has 0 saturated heterocycles. The molecule has 0 radical (unpaired) electrons. The first kappa shape index (κ1) is 9.48. The molecule has 0 heterocycles. The summed E-state index contributed by atoms with van der Waals surface area (Å²) >= 11 is 0. The zero-order valence-corrected chi connectivity index (χ0v) is 6.43. The molecule has 10 heavy (non-hydrogen) atoms. The van der Waals surface area contributed by atoms with E-state index in [4.69, 9.17) is 11.5 Å². The lowest BCUT2D eigenvalue weighted by Crippen LogP contribution is -2.25. The molecule has 0 aliphatic heterocycles. The Morgan fingerprint density at radius 3 is 2.90 bits per heavy atom. The highest BCUT2D eigenvalue weighted by Gasteiger charge is 1.91. The van der Waals surface area contributed by atoms with Gasteiger partial charge in [-0.1, -0.05) is 0 Å². The first-order valence-electron chi connectivity index (χ1n) is 3.59. The fraction of sp³-hybridized carbons (Fsp3) is 0.750. The molecule has 1 atom stereocenters. The zero-order valence-electron chi connectivity index (χ0n) is 6.43. The van der Waals surface area contributed by atoms with E-state index in [1.54, 1.807) is 6.92 Å². The summed E-state index contributed by atoms with van der Waals surface area (Å²) in [5.74, 6) is 2.55. The van der Waals surface area contributed by atoms with Crippen LogP contribution >= 0.6 is 0 Å². The molecule has 0 bridgehead atoms. The molecule has 58 valence electrons. The van der Waals surface area contributed by atoms with Crippen molar-refractivity contribution in [2.24, 2.45) is 0 Å². The van der Waals surface area contributed by atoms with Crippen LogP contribution in [0.5, 0.6) is 0 Å². The van der Waals surface area contributed by atoms with E-state index in [2.05, 4.69) is 11.2 Å². The molecule has 0 rings (SSSR count). The van der Waals surface area contributed by atoms with Crippen LogP contribution in [0.2, 0.25) is 0 Å². The van der Waals surface area contributed by atoms with E-state index in [9.17, 15) is 0 Å². The summed E-state index contributed by atoms with van der Waals surface area (Å²) in [7, 11) is 0. The Hall–Kier alpha value is -0.520. The van der Waals surface area contributed by atoms with Gasteiger partial charge in [-0.3, -0.25) is 0 Å².